The molecule has 0 unspecified atom stereocenters. The molecular weight excluding hydrogens is 424 g/mol. The van der Waals surface area contributed by atoms with Crippen LogP contribution in [0.5, 0.6) is 0 Å². The van der Waals surface area contributed by atoms with Crippen molar-refractivity contribution in [2.75, 3.05) is 0 Å². The Bertz CT molecular complexity index is 893. The summed E-state index contributed by atoms with van der Waals surface area (Å²) in [5, 5.41) is 1.29. The van der Waals surface area contributed by atoms with Crippen LogP contribution >= 0.6 is 58.2 Å². The molecule has 0 saturated carbocycles. The summed E-state index contributed by atoms with van der Waals surface area (Å²) in [5.41, 5.74) is 1.13. The summed E-state index contributed by atoms with van der Waals surface area (Å²) in [5.74, 6) is -0.419. The zero-order valence-electron chi connectivity index (χ0n) is 12.4. The predicted octanol–water partition coefficient (Wildman–Crippen LogP) is 6.54. The number of nitrogens with zero attached hydrogens (tertiary/aromatic N) is 1. The van der Waals surface area contributed by atoms with E-state index in [1.165, 1.54) is 0 Å². The minimum Gasteiger partial charge on any atom is -0.268 e. The maximum atomic E-state index is 12.6. The Balaban J connectivity index is 1.89. The first kappa shape index (κ1) is 18.6. The number of carbonyl (C=O) groups is 2. The first-order chi connectivity index (χ1) is 11.9. The molecule has 8 heteroatoms. The van der Waals surface area contributed by atoms with E-state index >= 15 is 0 Å². The van der Waals surface area contributed by atoms with Gasteiger partial charge < -0.3 is 0 Å². The minimum absolute atomic E-state index is 0.00879. The van der Waals surface area contributed by atoms with Gasteiger partial charge in [0.05, 0.1) is 11.4 Å². The summed E-state index contributed by atoms with van der Waals surface area (Å²) in [4.78, 5) is 26.2. The average molecular weight is 433 g/mol. The number of benzene rings is 2. The fourth-order valence-electron chi connectivity index (χ4n) is 2.24. The summed E-state index contributed by atoms with van der Waals surface area (Å²) in [6.45, 7) is 0.00879. The molecule has 0 aromatic heterocycles. The standard InChI is InChI=1S/C17H9Cl4NO2S/c18-10-5-4-9(14(21)7-10)6-15-16(23)22(17(24)25-15)8-11-12(19)2-1-3-13(11)20/h1-7H,8H2/b15-6-. The van der Waals surface area contributed by atoms with E-state index in [-0.39, 0.29) is 11.4 Å². The lowest BCUT2D eigenvalue weighted by Gasteiger charge is -2.14. The van der Waals surface area contributed by atoms with E-state index < -0.39 is 11.1 Å². The number of rotatable bonds is 3. The molecule has 1 heterocycles. The Labute approximate surface area is 168 Å². The van der Waals surface area contributed by atoms with Gasteiger partial charge in [0.15, 0.2) is 0 Å². The van der Waals surface area contributed by atoms with E-state index in [0.717, 1.165) is 16.7 Å². The Kier molecular flexibility index (Phi) is 5.66. The molecule has 1 saturated heterocycles. The van der Waals surface area contributed by atoms with Crippen molar-refractivity contribution >= 4 is 75.4 Å². The van der Waals surface area contributed by atoms with Crippen LogP contribution < -0.4 is 0 Å². The van der Waals surface area contributed by atoms with Gasteiger partial charge in [0.25, 0.3) is 11.1 Å². The number of thioether (sulfide) groups is 1. The van der Waals surface area contributed by atoms with Gasteiger partial charge in [0.2, 0.25) is 0 Å². The van der Waals surface area contributed by atoms with Gasteiger partial charge in [-0.1, -0.05) is 58.5 Å². The molecule has 1 aliphatic rings. The summed E-state index contributed by atoms with van der Waals surface area (Å²) in [7, 11) is 0. The van der Waals surface area contributed by atoms with Crippen LogP contribution in [0.1, 0.15) is 11.1 Å². The van der Waals surface area contributed by atoms with Crippen molar-refractivity contribution in [3.63, 3.8) is 0 Å². The molecule has 2 amide bonds. The fourth-order valence-corrected chi connectivity index (χ4v) is 4.05. The molecule has 2 aromatic rings. The van der Waals surface area contributed by atoms with Gasteiger partial charge in [-0.2, -0.15) is 0 Å². The third-order valence-electron chi connectivity index (χ3n) is 3.50. The van der Waals surface area contributed by atoms with Crippen LogP contribution in [-0.2, 0) is 11.3 Å². The molecule has 1 fully saturated rings. The van der Waals surface area contributed by atoms with E-state index in [4.69, 9.17) is 46.4 Å². The second-order valence-corrected chi connectivity index (χ2v) is 7.79. The monoisotopic (exact) mass is 431 g/mol. The van der Waals surface area contributed by atoms with Crippen molar-refractivity contribution in [1.29, 1.82) is 0 Å². The van der Waals surface area contributed by atoms with Crippen molar-refractivity contribution < 1.29 is 9.59 Å². The zero-order valence-corrected chi connectivity index (χ0v) is 16.3. The molecule has 25 heavy (non-hydrogen) atoms. The van der Waals surface area contributed by atoms with Crippen LogP contribution in [0.2, 0.25) is 20.1 Å². The Morgan fingerprint density at radius 3 is 2.28 bits per heavy atom. The molecule has 0 atom stereocenters. The van der Waals surface area contributed by atoms with Crippen LogP contribution in [0.4, 0.5) is 4.79 Å². The molecule has 3 nitrogen and oxygen atoms in total. The summed E-state index contributed by atoms with van der Waals surface area (Å²) >= 11 is 25.1. The minimum atomic E-state index is -0.419. The summed E-state index contributed by atoms with van der Waals surface area (Å²) in [6, 6.07) is 9.93. The third kappa shape index (κ3) is 3.99. The maximum absolute atomic E-state index is 12.6. The molecule has 0 spiro atoms. The SMILES string of the molecule is O=C1S/C(=C\c2ccc(Cl)cc2Cl)C(=O)N1Cc1c(Cl)cccc1Cl. The van der Waals surface area contributed by atoms with Gasteiger partial charge >= 0.3 is 0 Å². The van der Waals surface area contributed by atoms with Gasteiger partial charge in [-0.3, -0.25) is 14.5 Å². The van der Waals surface area contributed by atoms with E-state index in [9.17, 15) is 9.59 Å². The first-order valence-corrected chi connectivity index (χ1v) is 9.33. The van der Waals surface area contributed by atoms with Crippen LogP contribution in [0.15, 0.2) is 41.3 Å². The van der Waals surface area contributed by atoms with Crippen molar-refractivity contribution in [2.45, 2.75) is 6.54 Å². The normalized spacial score (nSPS) is 16.2. The highest BCUT2D eigenvalue weighted by Gasteiger charge is 2.35. The van der Waals surface area contributed by atoms with Gasteiger partial charge in [-0.05, 0) is 47.7 Å². The summed E-state index contributed by atoms with van der Waals surface area (Å²) in [6.07, 6.45) is 1.57. The number of hydrogen-bond donors (Lipinski definition) is 0. The smallest absolute Gasteiger partial charge is 0.268 e. The molecular formula is C17H9Cl4NO2S. The average Bonchev–Trinajstić information content (AvgIpc) is 2.80. The number of hydrogen-bond acceptors (Lipinski definition) is 3. The van der Waals surface area contributed by atoms with E-state index in [1.807, 2.05) is 0 Å². The Morgan fingerprint density at radius 2 is 1.64 bits per heavy atom. The van der Waals surface area contributed by atoms with Gasteiger partial charge in [0, 0.05) is 25.7 Å². The fraction of sp³-hybridized carbons (Fsp3) is 0.0588. The lowest BCUT2D eigenvalue weighted by atomic mass is 10.2. The van der Waals surface area contributed by atoms with E-state index in [2.05, 4.69) is 0 Å². The highest BCUT2D eigenvalue weighted by Crippen LogP contribution is 2.36. The van der Waals surface area contributed by atoms with Crippen LogP contribution in [-0.4, -0.2) is 16.0 Å². The third-order valence-corrected chi connectivity index (χ3v) is 5.68. The Morgan fingerprint density at radius 1 is 0.960 bits per heavy atom. The lowest BCUT2D eigenvalue weighted by Crippen LogP contribution is -2.27. The molecule has 0 bridgehead atoms. The van der Waals surface area contributed by atoms with Crippen LogP contribution in [0.25, 0.3) is 6.08 Å². The second kappa shape index (κ2) is 7.60. The zero-order chi connectivity index (χ0) is 18.1. The van der Waals surface area contributed by atoms with Crippen molar-refractivity contribution in [1.82, 2.24) is 4.90 Å². The Hall–Kier alpha value is -1.17. The molecule has 0 radical (unpaired) electrons. The van der Waals surface area contributed by atoms with E-state index in [1.54, 1.807) is 42.5 Å². The van der Waals surface area contributed by atoms with Crippen LogP contribution in [0.3, 0.4) is 0 Å². The van der Waals surface area contributed by atoms with Crippen molar-refractivity contribution in [3.8, 4) is 0 Å². The predicted molar refractivity (Wildman–Crippen MR) is 104 cm³/mol. The van der Waals surface area contributed by atoms with Crippen molar-refractivity contribution in [2.24, 2.45) is 0 Å². The topological polar surface area (TPSA) is 37.4 Å². The molecule has 1 aliphatic heterocycles. The number of imide groups is 1. The molecule has 2 aromatic carbocycles. The number of amides is 2. The molecule has 0 aliphatic carbocycles. The lowest BCUT2D eigenvalue weighted by molar-refractivity contribution is -0.123. The van der Waals surface area contributed by atoms with Crippen LogP contribution in [0, 0.1) is 0 Å². The quantitative estimate of drug-likeness (QED) is 0.517. The maximum Gasteiger partial charge on any atom is 0.293 e. The van der Waals surface area contributed by atoms with E-state index in [0.29, 0.717) is 31.2 Å². The van der Waals surface area contributed by atoms with Gasteiger partial charge in [-0.15, -0.1) is 0 Å². The highest BCUT2D eigenvalue weighted by molar-refractivity contribution is 8.18. The molecule has 3 rings (SSSR count). The number of halogens is 4. The first-order valence-electron chi connectivity index (χ1n) is 7.00. The van der Waals surface area contributed by atoms with Crippen molar-refractivity contribution in [3.05, 3.63) is 72.5 Å². The molecule has 0 N–H and O–H groups in total. The van der Waals surface area contributed by atoms with Gasteiger partial charge in [0.1, 0.15) is 0 Å². The van der Waals surface area contributed by atoms with Gasteiger partial charge in [-0.25, -0.2) is 0 Å². The second-order valence-electron chi connectivity index (χ2n) is 5.13. The summed E-state index contributed by atoms with van der Waals surface area (Å²) < 4.78 is 0. The largest absolute Gasteiger partial charge is 0.293 e. The highest BCUT2D eigenvalue weighted by atomic mass is 35.5. The number of carbonyl (C=O) groups excluding carboxylic acids is 2. The molecule has 128 valence electrons.